The van der Waals surface area contributed by atoms with Gasteiger partial charge in [-0.2, -0.15) is 5.26 Å². The third-order valence-electron chi connectivity index (χ3n) is 5.76. The second-order valence-corrected chi connectivity index (χ2v) is 10.0. The molecule has 6 heteroatoms. The van der Waals surface area contributed by atoms with Crippen molar-refractivity contribution in [1.82, 2.24) is 9.55 Å². The number of nitrogens with zero attached hydrogens (tertiary/aromatic N) is 3. The normalized spacial score (nSPS) is 15.5. The maximum atomic E-state index is 13.7. The summed E-state index contributed by atoms with van der Waals surface area (Å²) in [5.41, 5.74) is 3.83. The average Bonchev–Trinajstić information content (AvgIpc) is 3.16. The Bertz CT molecular complexity index is 1350. The average molecular weight is 444 g/mol. The minimum Gasteiger partial charge on any atom is -0.268 e. The van der Waals surface area contributed by atoms with Gasteiger partial charge in [-0.05, 0) is 60.6 Å². The molecule has 0 saturated carbocycles. The highest BCUT2D eigenvalue weighted by molar-refractivity contribution is 7.98. The number of benzene rings is 2. The van der Waals surface area contributed by atoms with Crippen molar-refractivity contribution in [3.05, 3.63) is 86.5 Å². The van der Waals surface area contributed by atoms with Gasteiger partial charge in [-0.1, -0.05) is 49.0 Å². The molecule has 1 aliphatic carbocycles. The van der Waals surface area contributed by atoms with Gasteiger partial charge in [-0.25, -0.2) is 4.98 Å². The Morgan fingerprint density at radius 1 is 1.19 bits per heavy atom. The number of thiophene rings is 1. The summed E-state index contributed by atoms with van der Waals surface area (Å²) in [5, 5.41) is 10.5. The van der Waals surface area contributed by atoms with Crippen molar-refractivity contribution in [2.24, 2.45) is 5.92 Å². The summed E-state index contributed by atoms with van der Waals surface area (Å²) >= 11 is 3.25. The van der Waals surface area contributed by atoms with Crippen LogP contribution in [0.4, 0.5) is 0 Å². The predicted octanol–water partition coefficient (Wildman–Crippen LogP) is 5.74. The number of para-hydroxylation sites is 1. The molecule has 0 radical (unpaired) electrons. The molecule has 0 saturated heterocycles. The molecule has 0 bridgehead atoms. The van der Waals surface area contributed by atoms with Gasteiger partial charge in [0.2, 0.25) is 0 Å². The summed E-state index contributed by atoms with van der Waals surface area (Å²) in [4.78, 5) is 20.9. The third-order valence-corrected chi connectivity index (χ3v) is 7.92. The van der Waals surface area contributed by atoms with Crippen LogP contribution in [0.3, 0.4) is 0 Å². The highest BCUT2D eigenvalue weighted by Gasteiger charge is 2.25. The standard InChI is InChI=1S/C25H21N3OS2/c1-16-7-12-20-21(13-16)31-23-22(20)24(29)28(19-5-3-2-4-6-19)25(27-23)30-15-18-10-8-17(14-26)9-11-18/h2-6,8-11,16H,7,12-13,15H2,1H3. The Morgan fingerprint density at radius 2 is 1.97 bits per heavy atom. The van der Waals surface area contributed by atoms with Gasteiger partial charge in [-0.15, -0.1) is 11.3 Å². The fourth-order valence-electron chi connectivity index (χ4n) is 4.10. The second kappa shape index (κ2) is 8.33. The maximum Gasteiger partial charge on any atom is 0.267 e. The van der Waals surface area contributed by atoms with E-state index in [2.05, 4.69) is 13.0 Å². The molecular weight excluding hydrogens is 422 g/mol. The minimum absolute atomic E-state index is 0.0329. The number of fused-ring (bicyclic) bond motifs is 3. The molecule has 154 valence electrons. The van der Waals surface area contributed by atoms with Gasteiger partial charge in [0.05, 0.1) is 22.7 Å². The van der Waals surface area contributed by atoms with Crippen molar-refractivity contribution in [1.29, 1.82) is 5.26 Å². The summed E-state index contributed by atoms with van der Waals surface area (Å²) in [6.07, 6.45) is 3.12. The number of rotatable bonds is 4. The molecule has 0 amide bonds. The molecule has 2 aromatic carbocycles. The van der Waals surface area contributed by atoms with E-state index in [1.54, 1.807) is 27.7 Å². The molecule has 1 atom stereocenters. The highest BCUT2D eigenvalue weighted by atomic mass is 32.2. The SMILES string of the molecule is CC1CCc2c(sc3nc(SCc4ccc(C#N)cc4)n(-c4ccccc4)c(=O)c23)C1. The van der Waals surface area contributed by atoms with E-state index >= 15 is 0 Å². The molecule has 2 aromatic heterocycles. The van der Waals surface area contributed by atoms with Crippen LogP contribution in [0, 0.1) is 17.2 Å². The lowest BCUT2D eigenvalue weighted by molar-refractivity contribution is 0.509. The summed E-state index contributed by atoms with van der Waals surface area (Å²) < 4.78 is 1.77. The molecule has 0 N–H and O–H groups in total. The van der Waals surface area contributed by atoms with Gasteiger partial charge < -0.3 is 0 Å². The summed E-state index contributed by atoms with van der Waals surface area (Å²) in [5.74, 6) is 1.33. The van der Waals surface area contributed by atoms with Crippen LogP contribution in [0.1, 0.15) is 34.9 Å². The monoisotopic (exact) mass is 443 g/mol. The van der Waals surface area contributed by atoms with Gasteiger partial charge in [0.25, 0.3) is 5.56 Å². The van der Waals surface area contributed by atoms with Gasteiger partial charge in [0, 0.05) is 10.6 Å². The van der Waals surface area contributed by atoms with Crippen LogP contribution < -0.4 is 5.56 Å². The Labute approximate surface area is 189 Å². The molecule has 0 spiro atoms. The van der Waals surface area contributed by atoms with Crippen LogP contribution in [0.25, 0.3) is 15.9 Å². The third kappa shape index (κ3) is 3.80. The molecule has 0 fully saturated rings. The Balaban J connectivity index is 1.62. The first-order chi connectivity index (χ1) is 15.1. The first-order valence-corrected chi connectivity index (χ1v) is 12.2. The number of aryl methyl sites for hydroxylation is 1. The lowest BCUT2D eigenvalue weighted by Gasteiger charge is -2.17. The van der Waals surface area contributed by atoms with Crippen molar-refractivity contribution < 1.29 is 0 Å². The molecular formula is C25H21N3OS2. The zero-order valence-electron chi connectivity index (χ0n) is 17.2. The highest BCUT2D eigenvalue weighted by Crippen LogP contribution is 2.37. The van der Waals surface area contributed by atoms with Crippen molar-refractivity contribution >= 4 is 33.3 Å². The van der Waals surface area contributed by atoms with Crippen LogP contribution in [0.2, 0.25) is 0 Å². The van der Waals surface area contributed by atoms with Crippen LogP contribution >= 0.6 is 23.1 Å². The van der Waals surface area contributed by atoms with Crippen molar-refractivity contribution in [3.8, 4) is 11.8 Å². The Hall–Kier alpha value is -2.88. The molecule has 1 unspecified atom stereocenters. The van der Waals surface area contributed by atoms with Crippen LogP contribution in [0.5, 0.6) is 0 Å². The molecule has 4 aromatic rings. The van der Waals surface area contributed by atoms with E-state index < -0.39 is 0 Å². The van der Waals surface area contributed by atoms with E-state index in [-0.39, 0.29) is 5.56 Å². The van der Waals surface area contributed by atoms with Crippen molar-refractivity contribution in [3.63, 3.8) is 0 Å². The maximum absolute atomic E-state index is 13.7. The molecule has 5 rings (SSSR count). The molecule has 1 aliphatic rings. The topological polar surface area (TPSA) is 58.7 Å². The van der Waals surface area contributed by atoms with E-state index in [0.29, 0.717) is 22.4 Å². The van der Waals surface area contributed by atoms with E-state index in [9.17, 15) is 4.79 Å². The Kier molecular flexibility index (Phi) is 5.39. The zero-order valence-corrected chi connectivity index (χ0v) is 18.8. The lowest BCUT2D eigenvalue weighted by atomic mass is 9.89. The second-order valence-electron chi connectivity index (χ2n) is 8.00. The number of hydrogen-bond donors (Lipinski definition) is 0. The van der Waals surface area contributed by atoms with Crippen molar-refractivity contribution in [2.75, 3.05) is 0 Å². The smallest absolute Gasteiger partial charge is 0.267 e. The first kappa shape index (κ1) is 20.0. The van der Waals surface area contributed by atoms with Crippen LogP contribution in [0.15, 0.2) is 64.5 Å². The summed E-state index contributed by atoms with van der Waals surface area (Å²) in [6.45, 7) is 2.28. The number of thioether (sulfide) groups is 1. The molecule has 31 heavy (non-hydrogen) atoms. The van der Waals surface area contributed by atoms with E-state index in [1.807, 2.05) is 54.6 Å². The Morgan fingerprint density at radius 3 is 2.71 bits per heavy atom. The minimum atomic E-state index is 0.0329. The van der Waals surface area contributed by atoms with E-state index in [0.717, 1.165) is 40.7 Å². The predicted molar refractivity (Wildman–Crippen MR) is 127 cm³/mol. The molecule has 4 nitrogen and oxygen atoms in total. The zero-order chi connectivity index (χ0) is 21.4. The number of nitriles is 1. The number of aromatic nitrogens is 2. The number of hydrogen-bond acceptors (Lipinski definition) is 5. The molecule has 2 heterocycles. The fraction of sp³-hybridized carbons (Fsp3) is 0.240. The van der Waals surface area contributed by atoms with Gasteiger partial charge in [-0.3, -0.25) is 9.36 Å². The van der Waals surface area contributed by atoms with Gasteiger partial charge >= 0.3 is 0 Å². The van der Waals surface area contributed by atoms with E-state index in [4.69, 9.17) is 10.2 Å². The van der Waals surface area contributed by atoms with Gasteiger partial charge in [0.1, 0.15) is 4.83 Å². The largest absolute Gasteiger partial charge is 0.268 e. The van der Waals surface area contributed by atoms with E-state index in [1.165, 1.54) is 10.4 Å². The summed E-state index contributed by atoms with van der Waals surface area (Å²) in [6, 6.07) is 19.5. The van der Waals surface area contributed by atoms with Crippen LogP contribution in [-0.2, 0) is 18.6 Å². The molecule has 0 aliphatic heterocycles. The summed E-state index contributed by atoms with van der Waals surface area (Å²) in [7, 11) is 0. The fourth-order valence-corrected chi connectivity index (χ4v) is 6.49. The van der Waals surface area contributed by atoms with Gasteiger partial charge in [0.15, 0.2) is 5.16 Å². The first-order valence-electron chi connectivity index (χ1n) is 10.4. The quantitative estimate of drug-likeness (QED) is 0.298. The van der Waals surface area contributed by atoms with Crippen LogP contribution in [-0.4, -0.2) is 9.55 Å². The van der Waals surface area contributed by atoms with Crippen molar-refractivity contribution in [2.45, 2.75) is 37.1 Å². The lowest BCUT2D eigenvalue weighted by Crippen LogP contribution is -2.22.